The summed E-state index contributed by atoms with van der Waals surface area (Å²) in [5.74, 6) is -0.333. The van der Waals surface area contributed by atoms with Crippen LogP contribution in [0.1, 0.15) is 24.0 Å². The molecule has 3 N–H and O–H groups in total. The van der Waals surface area contributed by atoms with Gasteiger partial charge in [-0.15, -0.1) is 0 Å². The lowest BCUT2D eigenvalue weighted by Gasteiger charge is -2.41. The number of primary amides is 1. The van der Waals surface area contributed by atoms with Crippen LogP contribution in [-0.2, 0) is 16.8 Å². The van der Waals surface area contributed by atoms with E-state index in [2.05, 4.69) is 4.90 Å². The first kappa shape index (κ1) is 17.9. The highest BCUT2D eigenvalue weighted by Crippen LogP contribution is 2.33. The first-order valence-electron chi connectivity index (χ1n) is 8.54. The van der Waals surface area contributed by atoms with E-state index >= 15 is 0 Å². The fraction of sp³-hybridized carbons (Fsp3) is 0.350. The molecule has 0 radical (unpaired) electrons. The van der Waals surface area contributed by atoms with Crippen molar-refractivity contribution >= 4 is 17.5 Å². The van der Waals surface area contributed by atoms with Gasteiger partial charge in [0, 0.05) is 18.1 Å². The number of likely N-dealkylation sites (tertiary alicyclic amines) is 1. The van der Waals surface area contributed by atoms with Crippen LogP contribution in [-0.4, -0.2) is 35.0 Å². The van der Waals surface area contributed by atoms with Crippen LogP contribution in [0, 0.1) is 0 Å². The number of carbonyl (C=O) groups is 1. The number of carbonyl (C=O) groups excluding carboxylic acids is 1. The Morgan fingerprint density at radius 1 is 1.12 bits per heavy atom. The van der Waals surface area contributed by atoms with Gasteiger partial charge in [-0.25, -0.2) is 0 Å². The van der Waals surface area contributed by atoms with E-state index in [9.17, 15) is 9.90 Å². The first-order valence-corrected chi connectivity index (χ1v) is 8.91. The van der Waals surface area contributed by atoms with Gasteiger partial charge in [0.25, 0.3) is 0 Å². The topological polar surface area (TPSA) is 66.6 Å². The second kappa shape index (κ2) is 7.56. The smallest absolute Gasteiger partial charge is 0.235 e. The minimum absolute atomic E-state index is 0.333. The Morgan fingerprint density at radius 3 is 2.28 bits per heavy atom. The summed E-state index contributed by atoms with van der Waals surface area (Å²) in [5, 5.41) is 11.6. The van der Waals surface area contributed by atoms with Crippen molar-refractivity contribution in [3.8, 4) is 0 Å². The summed E-state index contributed by atoms with van der Waals surface area (Å²) in [6.45, 7) is 1.26. The molecule has 5 heteroatoms. The molecule has 0 aromatic heterocycles. The highest BCUT2D eigenvalue weighted by molar-refractivity contribution is 6.30. The second-order valence-corrected chi connectivity index (χ2v) is 7.12. The quantitative estimate of drug-likeness (QED) is 0.863. The highest BCUT2D eigenvalue weighted by atomic mass is 35.5. The molecule has 0 bridgehead atoms. The van der Waals surface area contributed by atoms with E-state index in [1.54, 1.807) is 0 Å². The van der Waals surface area contributed by atoms with Crippen LogP contribution in [0.3, 0.4) is 0 Å². The van der Waals surface area contributed by atoms with Crippen LogP contribution in [0.25, 0.3) is 0 Å². The van der Waals surface area contributed by atoms with Crippen molar-refractivity contribution in [1.82, 2.24) is 4.90 Å². The van der Waals surface area contributed by atoms with Crippen LogP contribution in [0.4, 0.5) is 0 Å². The van der Waals surface area contributed by atoms with Gasteiger partial charge in [-0.1, -0.05) is 54.1 Å². The predicted molar refractivity (Wildman–Crippen MR) is 99.3 cm³/mol. The number of hydrogen-bond acceptors (Lipinski definition) is 3. The monoisotopic (exact) mass is 358 g/mol. The van der Waals surface area contributed by atoms with Gasteiger partial charge in [-0.2, -0.15) is 0 Å². The summed E-state index contributed by atoms with van der Waals surface area (Å²) in [6, 6.07) is 16.8. The summed E-state index contributed by atoms with van der Waals surface area (Å²) < 4.78 is 0. The molecule has 0 saturated carbocycles. The molecule has 1 aliphatic rings. The number of piperidine rings is 1. The molecule has 2 aromatic carbocycles. The zero-order valence-corrected chi connectivity index (χ0v) is 14.8. The standard InChI is InChI=1S/C20H23ClN2O2/c21-17-8-6-15(7-9-17)14-18(19(22)24)23-12-10-20(25,11-13-23)16-4-2-1-3-5-16/h1-9,18,25H,10-14H2,(H2,22,24)/t18-/m0/s1. The number of benzene rings is 2. The van der Waals surface area contributed by atoms with Crippen molar-refractivity contribution in [3.05, 3.63) is 70.7 Å². The minimum Gasteiger partial charge on any atom is -0.385 e. The normalized spacial score (nSPS) is 18.6. The second-order valence-electron chi connectivity index (χ2n) is 6.68. The number of aliphatic hydroxyl groups is 1. The molecule has 1 saturated heterocycles. The number of halogens is 1. The number of hydrogen-bond donors (Lipinski definition) is 2. The van der Waals surface area contributed by atoms with Crippen molar-refractivity contribution in [1.29, 1.82) is 0 Å². The molecule has 0 spiro atoms. The fourth-order valence-electron chi connectivity index (χ4n) is 3.50. The van der Waals surface area contributed by atoms with Crippen LogP contribution in [0.15, 0.2) is 54.6 Å². The van der Waals surface area contributed by atoms with Gasteiger partial charge in [0.2, 0.25) is 5.91 Å². The molecule has 4 nitrogen and oxygen atoms in total. The number of rotatable bonds is 5. The summed E-state index contributed by atoms with van der Waals surface area (Å²) in [6.07, 6.45) is 1.72. The summed E-state index contributed by atoms with van der Waals surface area (Å²) in [5.41, 5.74) is 6.78. The maximum Gasteiger partial charge on any atom is 0.235 e. The van der Waals surface area contributed by atoms with E-state index in [1.807, 2.05) is 54.6 Å². The molecular formula is C20H23ClN2O2. The molecule has 3 rings (SSSR count). The van der Waals surface area contributed by atoms with Crippen molar-refractivity contribution < 1.29 is 9.90 Å². The minimum atomic E-state index is -0.833. The van der Waals surface area contributed by atoms with E-state index in [0.29, 0.717) is 37.4 Å². The molecule has 25 heavy (non-hydrogen) atoms. The first-order chi connectivity index (χ1) is 12.0. The maximum atomic E-state index is 12.0. The maximum absolute atomic E-state index is 12.0. The predicted octanol–water partition coefficient (Wildman–Crippen LogP) is 2.72. The van der Waals surface area contributed by atoms with E-state index in [-0.39, 0.29) is 11.9 Å². The van der Waals surface area contributed by atoms with Gasteiger partial charge in [0.1, 0.15) is 0 Å². The summed E-state index contributed by atoms with van der Waals surface area (Å²) in [7, 11) is 0. The van der Waals surface area contributed by atoms with Crippen molar-refractivity contribution in [2.24, 2.45) is 5.73 Å². The van der Waals surface area contributed by atoms with Gasteiger partial charge in [0.05, 0.1) is 11.6 Å². The van der Waals surface area contributed by atoms with Gasteiger partial charge in [-0.3, -0.25) is 9.69 Å². The molecule has 1 fully saturated rings. The molecule has 0 aliphatic carbocycles. The lowest BCUT2D eigenvalue weighted by molar-refractivity contribution is -0.125. The van der Waals surface area contributed by atoms with Gasteiger partial charge < -0.3 is 10.8 Å². The van der Waals surface area contributed by atoms with Crippen LogP contribution >= 0.6 is 11.6 Å². The Labute approximate surface area is 153 Å². The van der Waals surface area contributed by atoms with Crippen molar-refractivity contribution in [2.75, 3.05) is 13.1 Å². The molecule has 2 aromatic rings. The fourth-order valence-corrected chi connectivity index (χ4v) is 3.62. The van der Waals surface area contributed by atoms with Gasteiger partial charge in [0.15, 0.2) is 0 Å². The Hall–Kier alpha value is -1.88. The van der Waals surface area contributed by atoms with E-state index in [4.69, 9.17) is 17.3 Å². The number of nitrogens with zero attached hydrogens (tertiary/aromatic N) is 1. The van der Waals surface area contributed by atoms with E-state index < -0.39 is 5.60 Å². The Bertz CT molecular complexity index is 710. The van der Waals surface area contributed by atoms with Crippen molar-refractivity contribution in [2.45, 2.75) is 30.9 Å². The Morgan fingerprint density at radius 2 is 1.72 bits per heavy atom. The van der Waals surface area contributed by atoms with Crippen LogP contribution in [0.5, 0.6) is 0 Å². The molecule has 0 unspecified atom stereocenters. The molecular weight excluding hydrogens is 336 g/mol. The molecule has 1 amide bonds. The lowest BCUT2D eigenvalue weighted by atomic mass is 9.83. The Balaban J connectivity index is 1.68. The van der Waals surface area contributed by atoms with Crippen molar-refractivity contribution in [3.63, 3.8) is 0 Å². The SMILES string of the molecule is NC(=O)[C@H](Cc1ccc(Cl)cc1)N1CCC(O)(c2ccccc2)CC1. The largest absolute Gasteiger partial charge is 0.385 e. The third-order valence-electron chi connectivity index (χ3n) is 5.05. The average molecular weight is 359 g/mol. The average Bonchev–Trinajstić information content (AvgIpc) is 2.63. The van der Waals surface area contributed by atoms with E-state index in [0.717, 1.165) is 11.1 Å². The third kappa shape index (κ3) is 4.21. The van der Waals surface area contributed by atoms with Gasteiger partial charge >= 0.3 is 0 Å². The Kier molecular flexibility index (Phi) is 5.42. The molecule has 132 valence electrons. The zero-order chi connectivity index (χ0) is 17.9. The third-order valence-corrected chi connectivity index (χ3v) is 5.30. The summed E-state index contributed by atoms with van der Waals surface area (Å²) >= 11 is 5.92. The van der Waals surface area contributed by atoms with Crippen LogP contribution < -0.4 is 5.73 Å². The number of nitrogens with two attached hydrogens (primary N) is 1. The van der Waals surface area contributed by atoms with E-state index in [1.165, 1.54) is 0 Å². The van der Waals surface area contributed by atoms with Crippen LogP contribution in [0.2, 0.25) is 5.02 Å². The number of amides is 1. The lowest BCUT2D eigenvalue weighted by Crippen LogP contribution is -2.52. The molecule has 1 aliphatic heterocycles. The highest BCUT2D eigenvalue weighted by Gasteiger charge is 2.37. The molecule has 1 heterocycles. The molecule has 1 atom stereocenters. The summed E-state index contributed by atoms with van der Waals surface area (Å²) in [4.78, 5) is 14.1. The van der Waals surface area contributed by atoms with Gasteiger partial charge in [-0.05, 0) is 42.5 Å². The zero-order valence-electron chi connectivity index (χ0n) is 14.1.